The quantitative estimate of drug-likeness (QED) is 0.0707. The number of aliphatic carboxylic acids is 1. The van der Waals surface area contributed by atoms with Gasteiger partial charge in [-0.25, -0.2) is 0 Å². The van der Waals surface area contributed by atoms with Crippen LogP contribution >= 0.6 is 0 Å². The van der Waals surface area contributed by atoms with E-state index in [-0.39, 0.29) is 107 Å². The van der Waals surface area contributed by atoms with Crippen LogP contribution in [-0.4, -0.2) is 255 Å². The third-order valence-corrected chi connectivity index (χ3v) is 29.1. The van der Waals surface area contributed by atoms with Crippen molar-refractivity contribution >= 4 is 76.7 Å². The minimum atomic E-state index is -1.61. The van der Waals surface area contributed by atoms with Gasteiger partial charge < -0.3 is 70.9 Å². The molecule has 6 aliphatic rings. The first-order valence-corrected chi connectivity index (χ1v) is 44.3. The lowest BCUT2D eigenvalue weighted by Gasteiger charge is -2.70. The number of nitrogens with zero attached hydrogens (tertiary/aromatic N) is 7. The Morgan fingerprint density at radius 3 is 1.51 bits per heavy atom. The van der Waals surface area contributed by atoms with E-state index >= 15 is 9.59 Å². The van der Waals surface area contributed by atoms with Gasteiger partial charge in [0.05, 0.1) is 24.2 Å². The summed E-state index contributed by atoms with van der Waals surface area (Å²) in [7, 11) is 9.92. The summed E-state index contributed by atoms with van der Waals surface area (Å²) < 4.78 is 0. The standard InChI is InChI=1S/C62H111N11O12.C30H46O4/c1-25-27-28-40(15)52(75)51-56(79)65-43(26-2)58(81)67(18)33-48(74)68(19)44(29-34(3)4)55(78)66-49(38(11)12)61(84)69(20)45(30-35(5)6)54(77)63-41(16)53(76)64-42(17)57(80)70(21)46(31-36(7)8)59(82)71(22)47(32-37(9)10)60(83)72(23)50(39(13)14)62(85)73(51)24;1-25(2)21-8-11-30(7)23(28(21,5)10-9-22(25)32)20(31)16-18-19-17-27(4,24(33)34)13-12-26(19,3)14-15-29(18,30)6/h25,27,34-47,49-52,75H,26,28-33H2,1-24H3,(H,63,77)(H,64,76)(H,65,79)(H,66,78);16,19,21-23,32H,8-15,17H2,1-7H3,(H,33,34). The number of amides is 11. The summed E-state index contributed by atoms with van der Waals surface area (Å²) in [5.74, 6) is -9.65. The Morgan fingerprint density at radius 2 is 1.01 bits per heavy atom. The summed E-state index contributed by atoms with van der Waals surface area (Å²) in [5, 5.41) is 44.0. The molecule has 21 unspecified atom stereocenters. The molecular formula is C92H157N11O16. The maximum atomic E-state index is 15.1. The molecule has 676 valence electrons. The van der Waals surface area contributed by atoms with Crippen LogP contribution in [0.2, 0.25) is 0 Å². The molecule has 11 amide bonds. The Hall–Kier alpha value is -7.29. The Bertz CT molecular complexity index is 3720. The number of aliphatic hydroxyl groups excluding tert-OH is 2. The van der Waals surface area contributed by atoms with E-state index < -0.39 is 167 Å². The average molecular weight is 1670 g/mol. The zero-order valence-electron chi connectivity index (χ0n) is 78.5. The van der Waals surface area contributed by atoms with E-state index in [9.17, 15) is 68.1 Å². The van der Waals surface area contributed by atoms with Gasteiger partial charge in [-0.1, -0.05) is 156 Å². The number of hydrogen-bond acceptors (Lipinski definition) is 15. The highest BCUT2D eigenvalue weighted by Crippen LogP contribution is 2.75. The maximum Gasteiger partial charge on any atom is 0.309 e. The highest BCUT2D eigenvalue weighted by Gasteiger charge is 2.70. The van der Waals surface area contributed by atoms with Gasteiger partial charge in [-0.05, 0) is 210 Å². The lowest BCUT2D eigenvalue weighted by atomic mass is 9.33. The van der Waals surface area contributed by atoms with Crippen LogP contribution in [0.15, 0.2) is 23.8 Å². The van der Waals surface area contributed by atoms with Crippen LogP contribution < -0.4 is 21.3 Å². The van der Waals surface area contributed by atoms with Crippen LogP contribution in [0.4, 0.5) is 0 Å². The zero-order valence-corrected chi connectivity index (χ0v) is 78.5. The molecule has 0 aromatic carbocycles. The number of hydrogen-bond donors (Lipinski definition) is 7. The van der Waals surface area contributed by atoms with Gasteiger partial charge in [0, 0.05) is 55.3 Å². The summed E-state index contributed by atoms with van der Waals surface area (Å²) in [6.45, 7) is 45.2. The fourth-order valence-corrected chi connectivity index (χ4v) is 21.0. The van der Waals surface area contributed by atoms with Gasteiger partial charge in [0.15, 0.2) is 5.78 Å². The summed E-state index contributed by atoms with van der Waals surface area (Å²) in [5.41, 5.74) is 0.142. The molecule has 7 N–H and O–H groups in total. The van der Waals surface area contributed by atoms with Gasteiger partial charge in [-0.15, -0.1) is 0 Å². The molecule has 5 aliphatic carbocycles. The van der Waals surface area contributed by atoms with E-state index in [1.165, 1.54) is 93.3 Å². The van der Waals surface area contributed by atoms with Crippen molar-refractivity contribution in [2.75, 3.05) is 55.9 Å². The van der Waals surface area contributed by atoms with E-state index in [1.54, 1.807) is 54.5 Å². The lowest BCUT2D eigenvalue weighted by molar-refractivity contribution is -0.202. The molecule has 21 atom stereocenters. The van der Waals surface area contributed by atoms with E-state index in [2.05, 4.69) is 62.8 Å². The van der Waals surface area contributed by atoms with Crippen molar-refractivity contribution in [3.05, 3.63) is 23.8 Å². The first-order chi connectivity index (χ1) is 54.8. The third kappa shape index (κ3) is 22.2. The normalized spacial score (nSPS) is 34.7. The van der Waals surface area contributed by atoms with Gasteiger partial charge in [-0.3, -0.25) is 62.3 Å². The van der Waals surface area contributed by atoms with Crippen LogP contribution in [0.5, 0.6) is 0 Å². The zero-order chi connectivity index (χ0) is 91.1. The molecule has 1 saturated heterocycles. The van der Waals surface area contributed by atoms with Crippen molar-refractivity contribution in [3.63, 3.8) is 0 Å². The van der Waals surface area contributed by atoms with E-state index in [0.717, 1.165) is 61.2 Å². The number of carboxylic acid groups (broad SMARTS) is 1. The average Bonchev–Trinajstić information content (AvgIpc) is 0.672. The molecule has 5 fully saturated rings. The fourth-order valence-electron chi connectivity index (χ4n) is 21.0. The number of carbonyl (C=O) groups excluding carboxylic acids is 12. The summed E-state index contributed by atoms with van der Waals surface area (Å²) in [6.07, 6.45) is 13.0. The number of carboxylic acids is 1. The second-order valence-electron chi connectivity index (χ2n) is 41.0. The second kappa shape index (κ2) is 40.8. The smallest absolute Gasteiger partial charge is 0.309 e. The van der Waals surface area contributed by atoms with Crippen LogP contribution in [-0.2, 0) is 62.3 Å². The van der Waals surface area contributed by atoms with E-state index in [4.69, 9.17) is 0 Å². The van der Waals surface area contributed by atoms with E-state index in [1.807, 2.05) is 74.5 Å². The molecule has 0 spiro atoms. The Kier molecular flexibility index (Phi) is 35.1. The molecule has 1 heterocycles. The number of likely N-dealkylation sites (N-methyl/N-ethyl adjacent to an activating group) is 7. The molecule has 119 heavy (non-hydrogen) atoms. The number of aliphatic hydroxyl groups is 2. The summed E-state index contributed by atoms with van der Waals surface area (Å²) in [4.78, 5) is 195. The molecule has 6 rings (SSSR count). The number of fused-ring (bicyclic) bond motifs is 7. The monoisotopic (exact) mass is 1670 g/mol. The first-order valence-electron chi connectivity index (χ1n) is 44.3. The Labute approximate surface area is 713 Å². The molecule has 0 aromatic rings. The van der Waals surface area contributed by atoms with Crippen LogP contribution in [0.3, 0.4) is 0 Å². The van der Waals surface area contributed by atoms with Crippen LogP contribution in [0, 0.1) is 91.7 Å². The second-order valence-corrected chi connectivity index (χ2v) is 41.0. The summed E-state index contributed by atoms with van der Waals surface area (Å²) in [6, 6.07) is -12.3. The van der Waals surface area contributed by atoms with Gasteiger partial charge >= 0.3 is 5.97 Å². The SMILES string of the molecule is CC1(C(=O)O)CCC2(C)CCC3(C)C(=CC(=O)C4C5(C)CCC(O)C(C)(C)C5CCC43C)C2C1.CC=CCC(C)C(O)C1C(=O)NC(CC)C(=O)N(C)CC(=O)N(C)C(CC(C)C)C(=O)NC(C(C)C)C(=O)N(C)C(CC(C)C)C(=O)NC(C)C(=O)NC(C)C(=O)N(C)C(CC(C)C)C(=O)N(C)C(CC(C)C)C(=O)N(C)C(C(C)C)C(=O)N1C. The fraction of sp³-hybridized carbons (Fsp3) is 0.815. The molecule has 4 saturated carbocycles. The van der Waals surface area contributed by atoms with Gasteiger partial charge in [0.2, 0.25) is 65.0 Å². The van der Waals surface area contributed by atoms with Crippen molar-refractivity contribution in [2.45, 2.75) is 335 Å². The molecule has 27 heteroatoms. The molecule has 0 bridgehead atoms. The number of allylic oxidation sites excluding steroid dienone is 4. The van der Waals surface area contributed by atoms with Gasteiger partial charge in [0.25, 0.3) is 0 Å². The van der Waals surface area contributed by atoms with Crippen molar-refractivity contribution in [1.29, 1.82) is 0 Å². The van der Waals surface area contributed by atoms with Crippen molar-refractivity contribution < 1.29 is 77.6 Å². The Morgan fingerprint density at radius 1 is 0.529 bits per heavy atom. The van der Waals surface area contributed by atoms with Gasteiger partial charge in [0.1, 0.15) is 60.4 Å². The van der Waals surface area contributed by atoms with Crippen LogP contribution in [0.1, 0.15) is 262 Å². The lowest BCUT2D eigenvalue weighted by Crippen LogP contribution is -2.66. The number of ketones is 1. The van der Waals surface area contributed by atoms with Crippen molar-refractivity contribution in [2.24, 2.45) is 91.7 Å². The minimum Gasteiger partial charge on any atom is -0.481 e. The maximum absolute atomic E-state index is 15.1. The molecule has 27 nitrogen and oxygen atoms in total. The molecule has 0 radical (unpaired) electrons. The first kappa shape index (κ1) is 102. The summed E-state index contributed by atoms with van der Waals surface area (Å²) >= 11 is 0. The van der Waals surface area contributed by atoms with E-state index in [0.29, 0.717) is 18.8 Å². The molecule has 1 aliphatic heterocycles. The number of rotatable bonds is 16. The molecule has 0 aromatic heterocycles. The Balaban J connectivity index is 0.000000604. The highest BCUT2D eigenvalue weighted by atomic mass is 16.4. The largest absolute Gasteiger partial charge is 0.481 e. The number of carbonyl (C=O) groups is 13. The van der Waals surface area contributed by atoms with Crippen LogP contribution in [0.25, 0.3) is 0 Å². The highest BCUT2D eigenvalue weighted by molar-refractivity contribution is 6.00. The topological polar surface area (TPSA) is 353 Å². The van der Waals surface area contributed by atoms with Crippen molar-refractivity contribution in [1.82, 2.24) is 55.6 Å². The van der Waals surface area contributed by atoms with Gasteiger partial charge in [-0.2, -0.15) is 0 Å². The number of nitrogens with one attached hydrogen (secondary N) is 4. The van der Waals surface area contributed by atoms with Crippen molar-refractivity contribution in [3.8, 4) is 0 Å². The molecular weight excluding hydrogens is 1520 g/mol. The minimum absolute atomic E-state index is 0.0229. The predicted molar refractivity (Wildman–Crippen MR) is 462 cm³/mol. The third-order valence-electron chi connectivity index (χ3n) is 29.1. The predicted octanol–water partition coefficient (Wildman–Crippen LogP) is 9.68.